The summed E-state index contributed by atoms with van der Waals surface area (Å²) in [6.45, 7) is 3.16. The number of benzene rings is 4. The number of rotatable bonds is 8. The van der Waals surface area contributed by atoms with Crippen LogP contribution in [0.2, 0.25) is 0 Å². The van der Waals surface area contributed by atoms with Crippen molar-refractivity contribution < 1.29 is 69.9 Å². The number of nitrogens with zero attached hydrogens (tertiary/aromatic N) is 9. The molecule has 0 aliphatic carbocycles. The first kappa shape index (κ1) is 41.9. The molecule has 0 amide bonds. The Morgan fingerprint density at radius 3 is 1.51 bits per heavy atom. The third kappa shape index (κ3) is 9.90. The maximum absolute atomic E-state index is 12.5. The van der Waals surface area contributed by atoms with Gasteiger partial charge in [0.2, 0.25) is 10.0 Å². The number of para-hydroxylation sites is 2. The Kier molecular flexibility index (Phi) is 14.1. The fraction of sp³-hybridized carbons (Fsp3) is 0.0625. The van der Waals surface area contributed by atoms with Gasteiger partial charge in [-0.3, -0.25) is 19.7 Å². The molecule has 6 aromatic rings. The number of aromatic nitrogens is 4. The van der Waals surface area contributed by atoms with E-state index in [0.29, 0.717) is 22.8 Å². The average molecular weight is 791 g/mol. The van der Waals surface area contributed by atoms with Crippen LogP contribution < -0.4 is 66.2 Å². The number of hydrogen-bond acceptors (Lipinski definition) is 12. The molecule has 2 aromatic heterocycles. The molecule has 0 aliphatic heterocycles. The zero-order valence-corrected chi connectivity index (χ0v) is 31.7. The van der Waals surface area contributed by atoms with E-state index in [1.165, 1.54) is 9.36 Å². The maximum atomic E-state index is 12.5. The molecule has 6 rings (SSSR count). The first-order chi connectivity index (χ1) is 24.2. The molecule has 0 saturated carbocycles. The minimum atomic E-state index is -3.99. The Hall–Kier alpha value is -5.48. The van der Waals surface area contributed by atoms with Gasteiger partial charge < -0.3 is 29.8 Å². The molecule has 0 aliphatic rings. The summed E-state index contributed by atoms with van der Waals surface area (Å²) in [5, 5.41) is 62.6. The van der Waals surface area contributed by atoms with Crippen LogP contribution in [0, 0.1) is 24.0 Å². The fourth-order valence-electron chi connectivity index (χ4n) is 4.37. The van der Waals surface area contributed by atoms with E-state index >= 15 is 0 Å². The third-order valence-electron chi connectivity index (χ3n) is 6.90. The number of nitro benzene ring substituents is 1. The van der Waals surface area contributed by atoms with Gasteiger partial charge in [-0.2, -0.15) is 10.2 Å². The van der Waals surface area contributed by atoms with E-state index in [4.69, 9.17) is 5.14 Å². The molecule has 0 unspecified atom stereocenters. The summed E-state index contributed by atoms with van der Waals surface area (Å²) in [4.78, 5) is 34.8. The molecule has 2 heterocycles. The Balaban J connectivity index is 0.000000275. The molecule has 0 spiro atoms. The van der Waals surface area contributed by atoms with E-state index in [9.17, 15) is 38.3 Å². The van der Waals surface area contributed by atoms with Crippen LogP contribution in [-0.2, 0) is 26.8 Å². The minimum absolute atomic E-state index is 0. The number of hydrogen-bond donors (Lipinski definition) is 1. The second-order valence-electron chi connectivity index (χ2n) is 10.5. The molecular weight excluding hydrogens is 766 g/mol. The Morgan fingerprint density at radius 1 is 0.679 bits per heavy atom. The molecule has 0 bridgehead atoms. The van der Waals surface area contributed by atoms with E-state index < -0.39 is 37.6 Å². The van der Waals surface area contributed by atoms with Crippen LogP contribution in [0.3, 0.4) is 0 Å². The standard InChI is InChI=1S/C16H15N5O4S.C16H13N5O4.Co.Na/c1-10-15(16(23)21(20-10)11-5-3-2-4-6-11)19-18-13-9-12(26(17,24)25)7-8-14(13)22;1-10-15(16(23)20(19-10)11-5-3-2-4-6-11)18-17-13-9-12(21(24)25)7-8-14(13)22;;/h2-9H,1H3,(H4,17,18,19,20,22,23,24,25);2-9H,1H3,(H2,17,18,19,22,23);;/q;;+3;+1/p-4. The van der Waals surface area contributed by atoms with Crippen molar-refractivity contribution in [3.63, 3.8) is 0 Å². The van der Waals surface area contributed by atoms with Crippen LogP contribution in [0.15, 0.2) is 132 Å². The number of azo groups is 2. The molecule has 21 heteroatoms. The van der Waals surface area contributed by atoms with E-state index in [2.05, 4.69) is 30.7 Å². The maximum Gasteiger partial charge on any atom is 3.00 e. The minimum Gasteiger partial charge on any atom is -0.871 e. The number of aryl methyl sites for hydroxylation is 2. The van der Waals surface area contributed by atoms with Crippen molar-refractivity contribution in [1.29, 1.82) is 0 Å². The molecule has 0 atom stereocenters. The molecule has 2 N–H and O–H groups in total. The Bertz CT molecular complexity index is 2530. The van der Waals surface area contributed by atoms with Gasteiger partial charge in [-0.15, -0.1) is 21.6 Å². The number of sulfonamides is 1. The van der Waals surface area contributed by atoms with E-state index in [1.54, 1.807) is 68.4 Å². The molecule has 18 nitrogen and oxygen atoms in total. The SMILES string of the molecule is Cc1[n-]n(-c2ccccc2)c(=O)c1N=Nc1cc(S(N)(=O)=O)ccc1[O-].Cc1[n-]n(-c2ccccc2)c(=O)c1N=Nc1cc([N+](=O)[O-])ccc1[O-].[Co+3].[Na+]. The van der Waals surface area contributed by atoms with Crippen molar-refractivity contribution in [1.82, 2.24) is 19.6 Å². The van der Waals surface area contributed by atoms with Gasteiger partial charge >= 0.3 is 46.3 Å². The van der Waals surface area contributed by atoms with Gasteiger partial charge in [0.15, 0.2) is 0 Å². The van der Waals surface area contributed by atoms with Crippen molar-refractivity contribution in [3.8, 4) is 22.9 Å². The zero-order chi connectivity index (χ0) is 36.9. The average Bonchev–Trinajstić information content (AvgIpc) is 3.56. The van der Waals surface area contributed by atoms with E-state index in [-0.39, 0.29) is 79.7 Å². The van der Waals surface area contributed by atoms with Crippen LogP contribution in [-0.4, -0.2) is 22.7 Å². The smallest absolute Gasteiger partial charge is 0.871 e. The molecule has 266 valence electrons. The largest absolute Gasteiger partial charge is 3.00 e. The van der Waals surface area contributed by atoms with Crippen LogP contribution in [0.25, 0.3) is 11.4 Å². The second-order valence-corrected chi connectivity index (χ2v) is 12.0. The van der Waals surface area contributed by atoms with Crippen molar-refractivity contribution in [3.05, 3.63) is 139 Å². The van der Waals surface area contributed by atoms with E-state index in [1.807, 2.05) is 6.07 Å². The van der Waals surface area contributed by atoms with Gasteiger partial charge in [0, 0.05) is 23.5 Å². The van der Waals surface area contributed by atoms with Gasteiger partial charge in [-0.25, -0.2) is 13.6 Å². The summed E-state index contributed by atoms with van der Waals surface area (Å²) in [6, 6.07) is 23.7. The van der Waals surface area contributed by atoms with Gasteiger partial charge in [0.1, 0.15) is 11.4 Å². The molecular formula is C32H24CoN10NaO8S. The molecule has 53 heavy (non-hydrogen) atoms. The Labute approximate surface area is 332 Å². The third-order valence-corrected chi connectivity index (χ3v) is 7.82. The van der Waals surface area contributed by atoms with Crippen LogP contribution >= 0.6 is 0 Å². The summed E-state index contributed by atoms with van der Waals surface area (Å²) in [5.74, 6) is -1.09. The Morgan fingerprint density at radius 2 is 1.09 bits per heavy atom. The van der Waals surface area contributed by atoms with Crippen molar-refractivity contribution in [2.75, 3.05) is 0 Å². The number of nitrogens with two attached hydrogens (primary N) is 1. The number of nitro groups is 1. The summed E-state index contributed by atoms with van der Waals surface area (Å²) in [5.41, 5.74) is -0.0643. The second kappa shape index (κ2) is 17.8. The van der Waals surface area contributed by atoms with Crippen LogP contribution in [0.4, 0.5) is 28.4 Å². The summed E-state index contributed by atoms with van der Waals surface area (Å²) < 4.78 is 25.1. The quantitative estimate of drug-likeness (QED) is 0.0977. The summed E-state index contributed by atoms with van der Waals surface area (Å²) in [6.07, 6.45) is 0. The van der Waals surface area contributed by atoms with Gasteiger partial charge in [-0.1, -0.05) is 73.9 Å². The predicted molar refractivity (Wildman–Crippen MR) is 178 cm³/mol. The van der Waals surface area contributed by atoms with Crippen molar-refractivity contribution >= 4 is 38.5 Å². The first-order valence-corrected chi connectivity index (χ1v) is 16.1. The van der Waals surface area contributed by atoms with Crippen LogP contribution in [0.5, 0.6) is 11.5 Å². The fourth-order valence-corrected chi connectivity index (χ4v) is 4.91. The molecule has 4 aromatic carbocycles. The van der Waals surface area contributed by atoms with Crippen LogP contribution in [0.1, 0.15) is 11.4 Å². The summed E-state index contributed by atoms with van der Waals surface area (Å²) >= 11 is 0. The molecule has 0 radical (unpaired) electrons. The molecule has 0 saturated heterocycles. The topological polar surface area (TPSA) is 271 Å². The van der Waals surface area contributed by atoms with Gasteiger partial charge in [0.25, 0.3) is 16.8 Å². The van der Waals surface area contributed by atoms with Gasteiger partial charge in [0.05, 0.1) is 21.2 Å². The van der Waals surface area contributed by atoms with Crippen molar-refractivity contribution in [2.24, 2.45) is 25.6 Å². The predicted octanol–water partition coefficient (Wildman–Crippen LogP) is 0.741. The first-order valence-electron chi connectivity index (χ1n) is 14.5. The number of non-ortho nitro benzene ring substituents is 1. The van der Waals surface area contributed by atoms with Gasteiger partial charge in [-0.05, 0) is 36.4 Å². The number of primary sulfonamides is 1. The normalized spacial score (nSPS) is 11.1. The monoisotopic (exact) mass is 790 g/mol. The van der Waals surface area contributed by atoms with E-state index in [0.717, 1.165) is 36.4 Å². The molecule has 0 fully saturated rings. The van der Waals surface area contributed by atoms with Crippen molar-refractivity contribution in [2.45, 2.75) is 18.7 Å². The summed E-state index contributed by atoms with van der Waals surface area (Å²) in [7, 11) is -3.99. The zero-order valence-electron chi connectivity index (χ0n) is 27.8.